The van der Waals surface area contributed by atoms with Gasteiger partial charge in [0.1, 0.15) is 12.2 Å². The van der Waals surface area contributed by atoms with Crippen molar-refractivity contribution in [3.8, 4) is 0 Å². The molecule has 0 bridgehead atoms. The lowest BCUT2D eigenvalue weighted by Gasteiger charge is -1.96. The van der Waals surface area contributed by atoms with E-state index in [1.807, 2.05) is 0 Å². The molecule has 0 heterocycles. The van der Waals surface area contributed by atoms with E-state index in [9.17, 15) is 9.59 Å². The molecule has 0 atom stereocenters. The lowest BCUT2D eigenvalue weighted by atomic mass is 10.3. The van der Waals surface area contributed by atoms with Crippen LogP contribution in [-0.4, -0.2) is 47.9 Å². The Bertz CT molecular complexity index is 243. The lowest BCUT2D eigenvalue weighted by molar-refractivity contribution is -0.145. The van der Waals surface area contributed by atoms with Gasteiger partial charge >= 0.3 is 5.97 Å². The van der Waals surface area contributed by atoms with Crippen molar-refractivity contribution in [2.75, 3.05) is 6.61 Å². The van der Waals surface area contributed by atoms with E-state index >= 15 is 0 Å². The molecule has 90 valence electrons. The SMILES string of the molecule is CCOC(=O)CC(C)=O.N=C=O.N=C=O.[AlH3]. The first-order chi connectivity index (χ1) is 6.99. The maximum absolute atomic E-state index is 10.4. The smallest absolute Gasteiger partial charge is 0.313 e. The second kappa shape index (κ2) is 23.3. The Balaban J connectivity index is -0.0000000870. The Morgan fingerprint density at radius 2 is 1.50 bits per heavy atom. The van der Waals surface area contributed by atoms with Crippen molar-refractivity contribution in [1.82, 2.24) is 0 Å². The Morgan fingerprint density at radius 1 is 1.19 bits per heavy atom. The highest BCUT2D eigenvalue weighted by Gasteiger charge is 2.03. The van der Waals surface area contributed by atoms with Crippen LogP contribution >= 0.6 is 0 Å². The molecule has 2 N–H and O–H groups in total. The average Bonchev–Trinajstić information content (AvgIpc) is 2.05. The van der Waals surface area contributed by atoms with Gasteiger partial charge in [-0.3, -0.25) is 9.59 Å². The minimum Gasteiger partial charge on any atom is -0.466 e. The fourth-order valence-corrected chi connectivity index (χ4v) is 0.415. The van der Waals surface area contributed by atoms with Gasteiger partial charge in [0.2, 0.25) is 12.2 Å². The molecule has 0 aliphatic rings. The average molecular weight is 246 g/mol. The zero-order valence-corrected chi connectivity index (χ0v) is 8.46. The Hall–Kier alpha value is -1.57. The summed E-state index contributed by atoms with van der Waals surface area (Å²) in [6, 6.07) is 0. The van der Waals surface area contributed by atoms with Crippen LogP contribution in [-0.2, 0) is 23.9 Å². The predicted molar refractivity (Wildman–Crippen MR) is 58.7 cm³/mol. The zero-order valence-electron chi connectivity index (χ0n) is 8.46. The summed E-state index contributed by atoms with van der Waals surface area (Å²) >= 11 is 0. The molecule has 0 aromatic carbocycles. The third kappa shape index (κ3) is 55.1. The molecule has 8 heteroatoms. The van der Waals surface area contributed by atoms with E-state index in [1.165, 1.54) is 6.92 Å². The number of Topliss-reactive ketones (excluding diaryl/α,β-unsaturated/α-hetero) is 1. The highest BCUT2D eigenvalue weighted by molar-refractivity contribution is 5.94. The normalized spacial score (nSPS) is 5.88. The highest BCUT2D eigenvalue weighted by Crippen LogP contribution is 1.86. The fraction of sp³-hybridized carbons (Fsp3) is 0.500. The number of esters is 1. The van der Waals surface area contributed by atoms with E-state index in [1.54, 1.807) is 6.92 Å². The van der Waals surface area contributed by atoms with Crippen molar-refractivity contribution in [2.24, 2.45) is 0 Å². The first kappa shape index (κ1) is 23.9. The number of carbonyl (C=O) groups is 2. The molecular weight excluding hydrogens is 231 g/mol. The van der Waals surface area contributed by atoms with Crippen LogP contribution in [0.15, 0.2) is 0 Å². The number of hydrogen-bond donors (Lipinski definition) is 2. The number of ether oxygens (including phenoxy) is 1. The topological polar surface area (TPSA) is 125 Å². The number of ketones is 1. The molecule has 7 nitrogen and oxygen atoms in total. The van der Waals surface area contributed by atoms with Gasteiger partial charge in [0, 0.05) is 0 Å². The summed E-state index contributed by atoms with van der Waals surface area (Å²) in [4.78, 5) is 37.3. The van der Waals surface area contributed by atoms with Gasteiger partial charge in [-0.2, -0.15) is 0 Å². The Labute approximate surface area is 103 Å². The molecule has 0 aromatic rings. The van der Waals surface area contributed by atoms with E-state index in [4.69, 9.17) is 20.4 Å². The number of carbonyl (C=O) groups excluding carboxylic acids is 4. The summed E-state index contributed by atoms with van der Waals surface area (Å²) in [5.41, 5.74) is 0. The number of isocyanates is 2. The van der Waals surface area contributed by atoms with Crippen LogP contribution in [0, 0.1) is 10.8 Å². The molecule has 0 spiro atoms. The van der Waals surface area contributed by atoms with Gasteiger partial charge in [-0.15, -0.1) is 0 Å². The van der Waals surface area contributed by atoms with Crippen LogP contribution < -0.4 is 0 Å². The molecule has 0 aliphatic heterocycles. The van der Waals surface area contributed by atoms with Crippen LogP contribution in [0.4, 0.5) is 0 Å². The second-order valence-corrected chi connectivity index (χ2v) is 1.89. The minimum absolute atomic E-state index is 0. The van der Waals surface area contributed by atoms with Gasteiger partial charge in [-0.05, 0) is 13.8 Å². The van der Waals surface area contributed by atoms with Crippen molar-refractivity contribution >= 4 is 41.3 Å². The van der Waals surface area contributed by atoms with Crippen molar-refractivity contribution in [1.29, 1.82) is 10.8 Å². The standard InChI is InChI=1S/C6H10O3.2CHNO.Al.3H/c1-3-9-6(8)4-5(2)7;2*2-1-3;;;;/h3-4H2,1-2H3;2*2H;;;;. The summed E-state index contributed by atoms with van der Waals surface area (Å²) in [7, 11) is 0. The molecule has 0 rings (SSSR count). The Kier molecular flexibility index (Phi) is 34.9. The summed E-state index contributed by atoms with van der Waals surface area (Å²) in [6.07, 6.45) is 1.40. The minimum atomic E-state index is -0.440. The fourth-order valence-electron chi connectivity index (χ4n) is 0.415. The third-order valence-electron chi connectivity index (χ3n) is 0.699. The predicted octanol–water partition coefficient (Wildman–Crippen LogP) is -0.853. The number of hydrogen-bond acceptors (Lipinski definition) is 7. The van der Waals surface area contributed by atoms with E-state index < -0.39 is 5.97 Å². The van der Waals surface area contributed by atoms with Crippen LogP contribution in [0.5, 0.6) is 0 Å². The van der Waals surface area contributed by atoms with Crippen LogP contribution in [0.3, 0.4) is 0 Å². The second-order valence-electron chi connectivity index (χ2n) is 1.89. The van der Waals surface area contributed by atoms with E-state index in [2.05, 4.69) is 4.74 Å². The van der Waals surface area contributed by atoms with Crippen molar-refractivity contribution < 1.29 is 23.9 Å². The molecule has 0 unspecified atom stereocenters. The monoisotopic (exact) mass is 246 g/mol. The van der Waals surface area contributed by atoms with Gasteiger partial charge < -0.3 is 4.74 Å². The summed E-state index contributed by atoms with van der Waals surface area (Å²) in [5, 5.41) is 10.8. The van der Waals surface area contributed by atoms with Crippen LogP contribution in [0.1, 0.15) is 20.3 Å². The first-order valence-corrected chi connectivity index (χ1v) is 3.72. The number of rotatable bonds is 3. The van der Waals surface area contributed by atoms with E-state index in [0.29, 0.717) is 6.61 Å². The highest BCUT2D eigenvalue weighted by atomic mass is 27.0. The first-order valence-electron chi connectivity index (χ1n) is 3.72. The van der Waals surface area contributed by atoms with Gasteiger partial charge in [0.05, 0.1) is 6.61 Å². The molecule has 0 aromatic heterocycles. The summed E-state index contributed by atoms with van der Waals surface area (Å²) in [6.45, 7) is 3.40. The molecule has 0 amide bonds. The maximum atomic E-state index is 10.4. The zero-order chi connectivity index (χ0) is 12.7. The van der Waals surface area contributed by atoms with E-state index in [-0.39, 0.29) is 29.6 Å². The van der Waals surface area contributed by atoms with E-state index in [0.717, 1.165) is 12.2 Å². The maximum Gasteiger partial charge on any atom is 0.313 e. The van der Waals surface area contributed by atoms with Crippen LogP contribution in [0.2, 0.25) is 0 Å². The molecular formula is C8H15AlN2O5. The number of nitrogens with one attached hydrogen (secondary N) is 2. The van der Waals surface area contributed by atoms with Crippen molar-refractivity contribution in [3.63, 3.8) is 0 Å². The van der Waals surface area contributed by atoms with Gasteiger partial charge in [-0.25, -0.2) is 20.4 Å². The molecule has 0 aliphatic carbocycles. The lowest BCUT2D eigenvalue weighted by Crippen LogP contribution is -2.07. The summed E-state index contributed by atoms with van der Waals surface area (Å²) < 4.78 is 4.49. The quantitative estimate of drug-likeness (QED) is 0.220. The third-order valence-corrected chi connectivity index (χ3v) is 0.699. The van der Waals surface area contributed by atoms with Crippen LogP contribution in [0.25, 0.3) is 0 Å². The molecule has 0 saturated carbocycles. The molecule has 0 saturated heterocycles. The molecule has 0 fully saturated rings. The summed E-state index contributed by atoms with van der Waals surface area (Å²) in [5.74, 6) is -0.599. The molecule has 16 heavy (non-hydrogen) atoms. The van der Waals surface area contributed by atoms with Gasteiger partial charge in [-0.1, -0.05) is 0 Å². The largest absolute Gasteiger partial charge is 0.466 e. The van der Waals surface area contributed by atoms with Crippen molar-refractivity contribution in [3.05, 3.63) is 0 Å². The molecule has 0 radical (unpaired) electrons. The Morgan fingerprint density at radius 3 is 1.69 bits per heavy atom. The van der Waals surface area contributed by atoms with Crippen molar-refractivity contribution in [2.45, 2.75) is 20.3 Å². The van der Waals surface area contributed by atoms with Gasteiger partial charge in [0.15, 0.2) is 17.4 Å². The van der Waals surface area contributed by atoms with Gasteiger partial charge in [0.25, 0.3) is 0 Å².